The minimum atomic E-state index is -3.49. The Kier molecular flexibility index (Phi) is 5.30. The monoisotopic (exact) mass is 275 g/mol. The van der Waals surface area contributed by atoms with E-state index >= 15 is 0 Å². The number of rotatable bonds is 7. The Morgan fingerprint density at radius 3 is 2.67 bits per heavy atom. The third-order valence-electron chi connectivity index (χ3n) is 2.57. The Morgan fingerprint density at radius 2 is 2.17 bits per heavy atom. The predicted molar refractivity (Wildman–Crippen MR) is 68.6 cm³/mol. The zero-order chi connectivity index (χ0) is 13.8. The largest absolute Gasteiger partial charge is 0.394 e. The van der Waals surface area contributed by atoms with Crippen LogP contribution in [0.5, 0.6) is 0 Å². The molecule has 1 N–H and O–H groups in total. The van der Waals surface area contributed by atoms with Crippen LogP contribution in [0.4, 0.5) is 0 Å². The Bertz CT molecular complexity index is 468. The molecule has 18 heavy (non-hydrogen) atoms. The molecule has 0 saturated carbocycles. The predicted octanol–water partition coefficient (Wildman–Crippen LogP) is 0.684. The van der Waals surface area contributed by atoms with Crippen molar-refractivity contribution in [3.05, 3.63) is 12.4 Å². The maximum atomic E-state index is 12.4. The molecule has 0 radical (unpaired) electrons. The summed E-state index contributed by atoms with van der Waals surface area (Å²) in [6.07, 6.45) is 3.55. The molecule has 0 unspecified atom stereocenters. The summed E-state index contributed by atoms with van der Waals surface area (Å²) in [5, 5.41) is 12.7. The highest BCUT2D eigenvalue weighted by Gasteiger charge is 2.27. The van der Waals surface area contributed by atoms with Crippen molar-refractivity contribution in [3.63, 3.8) is 0 Å². The molecule has 0 spiro atoms. The normalized spacial score (nSPS) is 12.6. The Hall–Kier alpha value is -0.920. The van der Waals surface area contributed by atoms with E-state index in [-0.39, 0.29) is 17.5 Å². The third-order valence-corrected chi connectivity index (χ3v) is 4.59. The standard InChI is InChI=1S/C11H21N3O3S/c1-4-5-14(10(2)3)18(16,17)11-8-12-13(9-11)6-7-15/h8-10,15H,4-7H2,1-3H3. The van der Waals surface area contributed by atoms with Crippen LogP contribution in [0.15, 0.2) is 17.3 Å². The topological polar surface area (TPSA) is 75.4 Å². The average molecular weight is 275 g/mol. The second-order valence-electron chi connectivity index (χ2n) is 4.37. The van der Waals surface area contributed by atoms with Gasteiger partial charge in [0.2, 0.25) is 10.0 Å². The first-order chi connectivity index (χ1) is 8.43. The van der Waals surface area contributed by atoms with Crippen molar-refractivity contribution < 1.29 is 13.5 Å². The van der Waals surface area contributed by atoms with Crippen molar-refractivity contribution in [1.82, 2.24) is 14.1 Å². The van der Waals surface area contributed by atoms with Crippen LogP contribution < -0.4 is 0 Å². The molecule has 0 fully saturated rings. The van der Waals surface area contributed by atoms with Crippen LogP contribution in [0.3, 0.4) is 0 Å². The van der Waals surface area contributed by atoms with E-state index in [2.05, 4.69) is 5.10 Å². The maximum absolute atomic E-state index is 12.4. The molecule has 0 amide bonds. The van der Waals surface area contributed by atoms with Crippen LogP contribution in [0, 0.1) is 0 Å². The summed E-state index contributed by atoms with van der Waals surface area (Å²) in [6.45, 7) is 6.37. The molecule has 7 heteroatoms. The minimum Gasteiger partial charge on any atom is -0.394 e. The summed E-state index contributed by atoms with van der Waals surface area (Å²) >= 11 is 0. The quantitative estimate of drug-likeness (QED) is 0.794. The molecule has 104 valence electrons. The van der Waals surface area contributed by atoms with Gasteiger partial charge >= 0.3 is 0 Å². The molecule has 0 atom stereocenters. The van der Waals surface area contributed by atoms with Gasteiger partial charge in [-0.1, -0.05) is 6.92 Å². The molecular weight excluding hydrogens is 254 g/mol. The maximum Gasteiger partial charge on any atom is 0.246 e. The molecular formula is C11H21N3O3S. The summed E-state index contributed by atoms with van der Waals surface area (Å²) in [5.41, 5.74) is 0. The summed E-state index contributed by atoms with van der Waals surface area (Å²) < 4.78 is 27.7. The van der Waals surface area contributed by atoms with E-state index in [1.54, 1.807) is 0 Å². The van der Waals surface area contributed by atoms with E-state index < -0.39 is 10.0 Å². The van der Waals surface area contributed by atoms with Gasteiger partial charge in [-0.25, -0.2) is 8.42 Å². The fourth-order valence-electron chi connectivity index (χ4n) is 1.71. The smallest absolute Gasteiger partial charge is 0.246 e. The van der Waals surface area contributed by atoms with Crippen LogP contribution in [-0.4, -0.2) is 46.8 Å². The summed E-state index contributed by atoms with van der Waals surface area (Å²) in [4.78, 5) is 0.179. The first-order valence-corrected chi connectivity index (χ1v) is 7.52. The first kappa shape index (κ1) is 15.1. The molecule has 6 nitrogen and oxygen atoms in total. The number of sulfonamides is 1. The van der Waals surface area contributed by atoms with E-state index in [0.29, 0.717) is 13.1 Å². The van der Waals surface area contributed by atoms with E-state index in [4.69, 9.17) is 5.11 Å². The van der Waals surface area contributed by atoms with Crippen molar-refractivity contribution >= 4 is 10.0 Å². The van der Waals surface area contributed by atoms with Gasteiger partial charge in [0.1, 0.15) is 4.90 Å². The van der Waals surface area contributed by atoms with Crippen molar-refractivity contribution in [3.8, 4) is 0 Å². The number of hydrogen-bond acceptors (Lipinski definition) is 4. The second-order valence-corrected chi connectivity index (χ2v) is 6.26. The molecule has 0 saturated heterocycles. The highest BCUT2D eigenvalue weighted by Crippen LogP contribution is 2.17. The molecule has 1 heterocycles. The van der Waals surface area contributed by atoms with E-state index in [0.717, 1.165) is 6.42 Å². The van der Waals surface area contributed by atoms with Crippen molar-refractivity contribution in [2.45, 2.75) is 44.7 Å². The number of aliphatic hydroxyl groups excluding tert-OH is 1. The molecule has 0 aliphatic rings. The number of nitrogens with zero attached hydrogens (tertiary/aromatic N) is 3. The van der Waals surface area contributed by atoms with Gasteiger partial charge in [-0.05, 0) is 20.3 Å². The van der Waals surface area contributed by atoms with Gasteiger partial charge in [0.15, 0.2) is 0 Å². The molecule has 1 aromatic heterocycles. The first-order valence-electron chi connectivity index (χ1n) is 6.08. The molecule has 0 aromatic carbocycles. The van der Waals surface area contributed by atoms with Gasteiger partial charge in [-0.3, -0.25) is 4.68 Å². The van der Waals surface area contributed by atoms with Crippen molar-refractivity contribution in [2.24, 2.45) is 0 Å². The lowest BCUT2D eigenvalue weighted by Gasteiger charge is -2.24. The van der Waals surface area contributed by atoms with Crippen molar-refractivity contribution in [2.75, 3.05) is 13.2 Å². The van der Waals surface area contributed by atoms with E-state index in [9.17, 15) is 8.42 Å². The lowest BCUT2D eigenvalue weighted by molar-refractivity contribution is 0.269. The Balaban J connectivity index is 3.02. The Morgan fingerprint density at radius 1 is 1.50 bits per heavy atom. The lowest BCUT2D eigenvalue weighted by Crippen LogP contribution is -2.37. The lowest BCUT2D eigenvalue weighted by atomic mass is 10.4. The van der Waals surface area contributed by atoms with Crippen molar-refractivity contribution in [1.29, 1.82) is 0 Å². The minimum absolute atomic E-state index is 0.0655. The number of aliphatic hydroxyl groups is 1. The molecule has 0 aliphatic carbocycles. The molecule has 0 aliphatic heterocycles. The molecule has 1 aromatic rings. The fraction of sp³-hybridized carbons (Fsp3) is 0.727. The van der Waals surface area contributed by atoms with Crippen LogP contribution >= 0.6 is 0 Å². The van der Waals surface area contributed by atoms with Gasteiger partial charge < -0.3 is 5.11 Å². The highest BCUT2D eigenvalue weighted by molar-refractivity contribution is 7.89. The molecule has 0 bridgehead atoms. The zero-order valence-electron chi connectivity index (χ0n) is 11.1. The van der Waals surface area contributed by atoms with Gasteiger partial charge in [-0.2, -0.15) is 9.40 Å². The van der Waals surface area contributed by atoms with Crippen LogP contribution in [0.2, 0.25) is 0 Å². The SMILES string of the molecule is CCCN(C(C)C)S(=O)(=O)c1cnn(CCO)c1. The Labute approximate surface area is 108 Å². The van der Waals surface area contributed by atoms with Crippen LogP contribution in [0.1, 0.15) is 27.2 Å². The van der Waals surface area contributed by atoms with Gasteiger partial charge in [0.25, 0.3) is 0 Å². The van der Waals surface area contributed by atoms with E-state index in [1.165, 1.54) is 21.4 Å². The highest BCUT2D eigenvalue weighted by atomic mass is 32.2. The zero-order valence-corrected chi connectivity index (χ0v) is 11.9. The van der Waals surface area contributed by atoms with Gasteiger partial charge in [0, 0.05) is 18.8 Å². The van der Waals surface area contributed by atoms with Crippen LogP contribution in [-0.2, 0) is 16.6 Å². The average Bonchev–Trinajstić information content (AvgIpc) is 2.75. The summed E-state index contributed by atoms with van der Waals surface area (Å²) in [7, 11) is -3.49. The van der Waals surface area contributed by atoms with Gasteiger partial charge in [0.05, 0.1) is 19.3 Å². The second kappa shape index (κ2) is 6.31. The fourth-order valence-corrected chi connectivity index (χ4v) is 3.40. The summed E-state index contributed by atoms with van der Waals surface area (Å²) in [6, 6.07) is -0.0869. The van der Waals surface area contributed by atoms with Gasteiger partial charge in [-0.15, -0.1) is 0 Å². The number of aromatic nitrogens is 2. The molecule has 1 rings (SSSR count). The van der Waals surface area contributed by atoms with Crippen LogP contribution in [0.25, 0.3) is 0 Å². The van der Waals surface area contributed by atoms with E-state index in [1.807, 2.05) is 20.8 Å². The third kappa shape index (κ3) is 3.30. The number of hydrogen-bond donors (Lipinski definition) is 1. The summed E-state index contributed by atoms with van der Waals surface area (Å²) in [5.74, 6) is 0.